The van der Waals surface area contributed by atoms with Gasteiger partial charge in [0, 0.05) is 11.6 Å². The Hall–Kier alpha value is -1.78. The first-order valence-corrected chi connectivity index (χ1v) is 4.41. The highest BCUT2D eigenvalue weighted by Crippen LogP contribution is 2.36. The SMILES string of the molecule is CC(C(=O)O)c1cc2c(cc1F)OCO2. The van der Waals surface area contributed by atoms with Gasteiger partial charge < -0.3 is 14.6 Å². The molecule has 0 fully saturated rings. The van der Waals surface area contributed by atoms with E-state index in [1.807, 2.05) is 0 Å². The molecule has 80 valence electrons. The highest BCUT2D eigenvalue weighted by atomic mass is 19.1. The summed E-state index contributed by atoms with van der Waals surface area (Å²) < 4.78 is 23.5. The van der Waals surface area contributed by atoms with Crippen molar-refractivity contribution in [2.75, 3.05) is 6.79 Å². The Morgan fingerprint density at radius 2 is 2.07 bits per heavy atom. The number of carboxylic acids is 1. The second kappa shape index (κ2) is 3.42. The van der Waals surface area contributed by atoms with Crippen molar-refractivity contribution < 1.29 is 23.8 Å². The predicted octanol–water partition coefficient (Wildman–Crippen LogP) is 1.74. The largest absolute Gasteiger partial charge is 0.481 e. The van der Waals surface area contributed by atoms with Crippen LogP contribution in [0.4, 0.5) is 4.39 Å². The van der Waals surface area contributed by atoms with Crippen molar-refractivity contribution in [3.05, 3.63) is 23.5 Å². The molecule has 1 atom stereocenters. The minimum Gasteiger partial charge on any atom is -0.481 e. The van der Waals surface area contributed by atoms with Gasteiger partial charge in [0.1, 0.15) is 5.82 Å². The molecule has 1 aliphatic rings. The average molecular weight is 212 g/mol. The third-order valence-corrected chi connectivity index (χ3v) is 2.33. The molecule has 0 aliphatic carbocycles. The number of hydrogen-bond donors (Lipinski definition) is 1. The van der Waals surface area contributed by atoms with Gasteiger partial charge in [-0.3, -0.25) is 4.79 Å². The molecule has 1 N–H and O–H groups in total. The summed E-state index contributed by atoms with van der Waals surface area (Å²) in [5.41, 5.74) is 0.103. The fraction of sp³-hybridized carbons (Fsp3) is 0.300. The molecular weight excluding hydrogens is 203 g/mol. The number of fused-ring (bicyclic) bond motifs is 1. The molecule has 0 aromatic heterocycles. The van der Waals surface area contributed by atoms with Crippen molar-refractivity contribution in [2.45, 2.75) is 12.8 Å². The lowest BCUT2D eigenvalue weighted by molar-refractivity contribution is -0.138. The molecule has 15 heavy (non-hydrogen) atoms. The third-order valence-electron chi connectivity index (χ3n) is 2.33. The Morgan fingerprint density at radius 1 is 1.47 bits per heavy atom. The van der Waals surface area contributed by atoms with Crippen LogP contribution in [0.25, 0.3) is 0 Å². The van der Waals surface area contributed by atoms with Crippen molar-refractivity contribution >= 4 is 5.97 Å². The average Bonchev–Trinajstić information content (AvgIpc) is 2.62. The summed E-state index contributed by atoms with van der Waals surface area (Å²) in [5, 5.41) is 8.77. The number of hydrogen-bond acceptors (Lipinski definition) is 3. The van der Waals surface area contributed by atoms with Gasteiger partial charge in [0.25, 0.3) is 0 Å². The fourth-order valence-electron chi connectivity index (χ4n) is 1.40. The van der Waals surface area contributed by atoms with Gasteiger partial charge >= 0.3 is 5.97 Å². The summed E-state index contributed by atoms with van der Waals surface area (Å²) in [6.45, 7) is 1.46. The Kier molecular flexibility index (Phi) is 2.22. The van der Waals surface area contributed by atoms with Crippen LogP contribution in [-0.2, 0) is 4.79 Å². The maximum absolute atomic E-state index is 13.5. The van der Waals surface area contributed by atoms with E-state index in [0.717, 1.165) is 6.07 Å². The number of rotatable bonds is 2. The number of benzene rings is 1. The van der Waals surface area contributed by atoms with E-state index in [9.17, 15) is 9.18 Å². The number of carbonyl (C=O) groups is 1. The summed E-state index contributed by atoms with van der Waals surface area (Å²) in [7, 11) is 0. The van der Waals surface area contributed by atoms with E-state index in [0.29, 0.717) is 11.5 Å². The zero-order valence-corrected chi connectivity index (χ0v) is 7.99. The van der Waals surface area contributed by atoms with Crippen molar-refractivity contribution in [3.63, 3.8) is 0 Å². The molecule has 1 aromatic carbocycles. The number of halogens is 1. The molecule has 0 spiro atoms. The van der Waals surface area contributed by atoms with Crippen LogP contribution in [0.1, 0.15) is 18.4 Å². The molecule has 4 nitrogen and oxygen atoms in total. The monoisotopic (exact) mass is 212 g/mol. The van der Waals surface area contributed by atoms with Crippen molar-refractivity contribution in [3.8, 4) is 11.5 Å². The number of aliphatic carboxylic acids is 1. The molecular formula is C10H9FO4. The Balaban J connectivity index is 2.44. The maximum Gasteiger partial charge on any atom is 0.310 e. The van der Waals surface area contributed by atoms with Gasteiger partial charge in [-0.05, 0) is 13.0 Å². The van der Waals surface area contributed by atoms with E-state index in [4.69, 9.17) is 14.6 Å². The van der Waals surface area contributed by atoms with Crippen LogP contribution in [0.5, 0.6) is 11.5 Å². The van der Waals surface area contributed by atoms with Crippen LogP contribution in [-0.4, -0.2) is 17.9 Å². The van der Waals surface area contributed by atoms with Crippen LogP contribution in [0.15, 0.2) is 12.1 Å². The molecule has 5 heteroatoms. The normalized spacial score (nSPS) is 15.1. The van der Waals surface area contributed by atoms with Gasteiger partial charge in [0.2, 0.25) is 6.79 Å². The summed E-state index contributed by atoms with van der Waals surface area (Å²) in [6.07, 6.45) is 0. The summed E-state index contributed by atoms with van der Waals surface area (Å²) in [6, 6.07) is 2.52. The van der Waals surface area contributed by atoms with Crippen LogP contribution in [0, 0.1) is 5.82 Å². The van der Waals surface area contributed by atoms with E-state index in [-0.39, 0.29) is 12.4 Å². The molecule has 2 rings (SSSR count). The molecule has 1 aromatic rings. The first-order valence-electron chi connectivity index (χ1n) is 4.41. The lowest BCUT2D eigenvalue weighted by Gasteiger charge is -2.08. The van der Waals surface area contributed by atoms with Gasteiger partial charge in [0.05, 0.1) is 5.92 Å². The predicted molar refractivity (Wildman–Crippen MR) is 48.6 cm³/mol. The molecule has 0 bridgehead atoms. The smallest absolute Gasteiger partial charge is 0.310 e. The van der Waals surface area contributed by atoms with Crippen molar-refractivity contribution in [1.82, 2.24) is 0 Å². The third kappa shape index (κ3) is 1.60. The molecule has 1 aliphatic heterocycles. The second-order valence-electron chi connectivity index (χ2n) is 3.29. The summed E-state index contributed by atoms with van der Waals surface area (Å²) in [5.74, 6) is -1.87. The lowest BCUT2D eigenvalue weighted by Crippen LogP contribution is -2.09. The molecule has 0 amide bonds. The fourth-order valence-corrected chi connectivity index (χ4v) is 1.40. The quantitative estimate of drug-likeness (QED) is 0.811. The van der Waals surface area contributed by atoms with E-state index in [1.165, 1.54) is 13.0 Å². The molecule has 0 saturated heterocycles. The number of carboxylic acid groups (broad SMARTS) is 1. The van der Waals surface area contributed by atoms with E-state index < -0.39 is 17.7 Å². The zero-order valence-electron chi connectivity index (χ0n) is 7.99. The second-order valence-corrected chi connectivity index (χ2v) is 3.29. The Bertz CT molecular complexity index is 416. The van der Waals surface area contributed by atoms with Crippen molar-refractivity contribution in [1.29, 1.82) is 0 Å². The topological polar surface area (TPSA) is 55.8 Å². The van der Waals surface area contributed by atoms with E-state index >= 15 is 0 Å². The van der Waals surface area contributed by atoms with Gasteiger partial charge in [-0.1, -0.05) is 0 Å². The Labute approximate surface area is 85.2 Å². The van der Waals surface area contributed by atoms with Gasteiger partial charge in [-0.25, -0.2) is 4.39 Å². The van der Waals surface area contributed by atoms with Crippen LogP contribution in [0.2, 0.25) is 0 Å². The van der Waals surface area contributed by atoms with Gasteiger partial charge in [-0.2, -0.15) is 0 Å². The maximum atomic E-state index is 13.5. The van der Waals surface area contributed by atoms with Crippen LogP contribution in [0.3, 0.4) is 0 Å². The zero-order chi connectivity index (χ0) is 11.0. The first kappa shape index (κ1) is 9.76. The standard InChI is InChI=1S/C10H9FO4/c1-5(10(12)13)6-2-8-9(3-7(6)11)15-4-14-8/h2-3,5H,4H2,1H3,(H,12,13). The molecule has 1 unspecified atom stereocenters. The minimum absolute atomic E-state index is 0.0413. The molecule has 0 saturated carbocycles. The molecule has 1 heterocycles. The van der Waals surface area contributed by atoms with Gasteiger partial charge in [-0.15, -0.1) is 0 Å². The summed E-state index contributed by atoms with van der Waals surface area (Å²) >= 11 is 0. The number of ether oxygens (including phenoxy) is 2. The van der Waals surface area contributed by atoms with Gasteiger partial charge in [0.15, 0.2) is 11.5 Å². The first-order chi connectivity index (χ1) is 7.09. The van der Waals surface area contributed by atoms with Crippen LogP contribution < -0.4 is 9.47 Å². The van der Waals surface area contributed by atoms with Crippen molar-refractivity contribution in [2.24, 2.45) is 0 Å². The van der Waals surface area contributed by atoms with E-state index in [1.54, 1.807) is 0 Å². The summed E-state index contributed by atoms with van der Waals surface area (Å²) in [4.78, 5) is 10.7. The van der Waals surface area contributed by atoms with E-state index in [2.05, 4.69) is 0 Å². The highest BCUT2D eigenvalue weighted by Gasteiger charge is 2.23. The minimum atomic E-state index is -1.08. The lowest BCUT2D eigenvalue weighted by atomic mass is 10.0. The Morgan fingerprint density at radius 3 is 2.67 bits per heavy atom. The molecule has 0 radical (unpaired) electrons. The van der Waals surface area contributed by atoms with Crippen LogP contribution >= 0.6 is 0 Å². The highest BCUT2D eigenvalue weighted by molar-refractivity contribution is 5.76.